The van der Waals surface area contributed by atoms with Gasteiger partial charge in [0.1, 0.15) is 5.82 Å². The maximum atomic E-state index is 13.9. The van der Waals surface area contributed by atoms with Crippen molar-refractivity contribution in [1.82, 2.24) is 23.4 Å². The van der Waals surface area contributed by atoms with Crippen LogP contribution in [0.5, 0.6) is 0 Å². The molecule has 0 saturated heterocycles. The molecule has 190 valence electrons. The number of aryl methyl sites for hydroxylation is 2. The fourth-order valence-electron chi connectivity index (χ4n) is 4.70. The molecule has 0 bridgehead atoms. The number of hydrogen-bond acceptors (Lipinski definition) is 6. The number of sulfonamides is 1. The average molecular weight is 520 g/mol. The van der Waals surface area contributed by atoms with Gasteiger partial charge in [-0.1, -0.05) is 12.1 Å². The smallest absolute Gasteiger partial charge is 0.262 e. The Morgan fingerprint density at radius 3 is 2.59 bits per heavy atom. The van der Waals surface area contributed by atoms with Crippen LogP contribution in [0.25, 0.3) is 0 Å². The summed E-state index contributed by atoms with van der Waals surface area (Å²) in [5, 5.41) is 9.45. The third kappa shape index (κ3) is 4.98. The summed E-state index contributed by atoms with van der Waals surface area (Å²) in [6.07, 6.45) is 6.86. The van der Waals surface area contributed by atoms with Crippen LogP contribution in [0, 0.1) is 17.1 Å². The van der Waals surface area contributed by atoms with E-state index in [1.54, 1.807) is 42.3 Å². The maximum absolute atomic E-state index is 13.9. The lowest BCUT2D eigenvalue weighted by Crippen LogP contribution is -2.50. The monoisotopic (exact) mass is 519 g/mol. The molecule has 0 fully saturated rings. The van der Waals surface area contributed by atoms with Crippen molar-refractivity contribution in [2.45, 2.75) is 30.6 Å². The molecule has 37 heavy (non-hydrogen) atoms. The van der Waals surface area contributed by atoms with Crippen molar-refractivity contribution in [3.8, 4) is 6.07 Å². The minimum Gasteiger partial charge on any atom is -0.364 e. The normalized spacial score (nSPS) is 15.5. The fraction of sp³-hybridized carbons (Fsp3) is 0.269. The first-order valence-corrected chi connectivity index (χ1v) is 13.2. The molecule has 0 N–H and O–H groups in total. The van der Waals surface area contributed by atoms with Crippen LogP contribution in [0.4, 0.5) is 10.1 Å². The molecule has 11 heteroatoms. The van der Waals surface area contributed by atoms with Gasteiger partial charge in [0.2, 0.25) is 0 Å². The molecule has 1 unspecified atom stereocenters. The summed E-state index contributed by atoms with van der Waals surface area (Å²) >= 11 is 0. The summed E-state index contributed by atoms with van der Waals surface area (Å²) in [6.45, 7) is 0.980. The zero-order valence-electron chi connectivity index (χ0n) is 20.5. The Hall–Kier alpha value is -4.01. The fourth-order valence-corrected chi connectivity index (χ4v) is 6.27. The SMILES string of the molecule is Cn1cnc(S(=O)(=O)N(Cc2ccc(F)cc2)C2Cc3cc(C#N)ccc3N(Cc3cncn3C)C2)c1. The summed E-state index contributed by atoms with van der Waals surface area (Å²) in [5.41, 5.74) is 3.98. The first kappa shape index (κ1) is 24.7. The quantitative estimate of drug-likeness (QED) is 0.372. The predicted molar refractivity (Wildman–Crippen MR) is 135 cm³/mol. The van der Waals surface area contributed by atoms with Crippen LogP contribution < -0.4 is 4.90 Å². The second-order valence-electron chi connectivity index (χ2n) is 9.24. The van der Waals surface area contributed by atoms with E-state index >= 15 is 0 Å². The molecule has 4 aromatic rings. The summed E-state index contributed by atoms with van der Waals surface area (Å²) in [6, 6.07) is 13.1. The van der Waals surface area contributed by atoms with Crippen LogP contribution in [-0.2, 0) is 43.6 Å². The standard InChI is InChI=1S/C26H26FN7O2S/c1-31-16-26(30-18-31)37(35,36)34(13-19-3-6-22(27)7-4-19)23-10-21-9-20(11-28)5-8-25(21)33(14-23)15-24-12-29-17-32(24)2/h3-9,12,16-18,23H,10,13-15H2,1-2H3. The minimum atomic E-state index is -4.00. The van der Waals surface area contributed by atoms with Gasteiger partial charge in [0.25, 0.3) is 10.0 Å². The largest absolute Gasteiger partial charge is 0.364 e. The van der Waals surface area contributed by atoms with Crippen molar-refractivity contribution in [1.29, 1.82) is 5.26 Å². The molecule has 2 aromatic carbocycles. The first-order valence-electron chi connectivity index (χ1n) is 11.7. The Morgan fingerprint density at radius 1 is 1.16 bits per heavy atom. The van der Waals surface area contributed by atoms with Crippen LogP contribution in [0.3, 0.4) is 0 Å². The molecule has 2 aromatic heterocycles. The highest BCUT2D eigenvalue weighted by atomic mass is 32.2. The molecule has 1 atom stereocenters. The number of aromatic nitrogens is 4. The second-order valence-corrected chi connectivity index (χ2v) is 11.1. The lowest BCUT2D eigenvalue weighted by Gasteiger charge is -2.40. The third-order valence-electron chi connectivity index (χ3n) is 6.62. The van der Waals surface area contributed by atoms with E-state index in [0.29, 0.717) is 30.6 Å². The lowest BCUT2D eigenvalue weighted by atomic mass is 9.95. The Morgan fingerprint density at radius 2 is 1.95 bits per heavy atom. The number of hydrogen-bond donors (Lipinski definition) is 0. The number of halogens is 1. The van der Waals surface area contributed by atoms with E-state index < -0.39 is 16.1 Å². The van der Waals surface area contributed by atoms with Crippen LogP contribution in [0.15, 0.2) is 72.5 Å². The van der Waals surface area contributed by atoms with Crippen LogP contribution in [0.1, 0.15) is 22.4 Å². The van der Waals surface area contributed by atoms with Gasteiger partial charge in [-0.2, -0.15) is 9.57 Å². The zero-order chi connectivity index (χ0) is 26.2. The number of nitriles is 1. The number of anilines is 1. The van der Waals surface area contributed by atoms with E-state index in [9.17, 15) is 18.1 Å². The molecule has 9 nitrogen and oxygen atoms in total. The number of rotatable bonds is 7. The number of benzene rings is 2. The van der Waals surface area contributed by atoms with Gasteiger partial charge in [-0.3, -0.25) is 0 Å². The van der Waals surface area contributed by atoms with Gasteiger partial charge in [-0.25, -0.2) is 22.8 Å². The van der Waals surface area contributed by atoms with E-state index in [4.69, 9.17) is 0 Å². The molecule has 0 spiro atoms. The molecule has 5 rings (SSSR count). The van der Waals surface area contributed by atoms with Crippen molar-refractivity contribution in [2.75, 3.05) is 11.4 Å². The average Bonchev–Trinajstić information content (AvgIpc) is 3.51. The lowest BCUT2D eigenvalue weighted by molar-refractivity contribution is 0.301. The highest BCUT2D eigenvalue weighted by molar-refractivity contribution is 7.89. The summed E-state index contributed by atoms with van der Waals surface area (Å²) < 4.78 is 46.4. The van der Waals surface area contributed by atoms with Crippen molar-refractivity contribution in [3.63, 3.8) is 0 Å². The molecule has 0 radical (unpaired) electrons. The van der Waals surface area contributed by atoms with Gasteiger partial charge < -0.3 is 14.0 Å². The van der Waals surface area contributed by atoms with Crippen molar-refractivity contribution >= 4 is 15.7 Å². The molecule has 3 heterocycles. The number of fused-ring (bicyclic) bond motifs is 1. The van der Waals surface area contributed by atoms with E-state index in [-0.39, 0.29) is 17.4 Å². The van der Waals surface area contributed by atoms with Crippen LogP contribution >= 0.6 is 0 Å². The van der Waals surface area contributed by atoms with Crippen LogP contribution in [-0.4, -0.2) is 44.4 Å². The highest BCUT2D eigenvalue weighted by Gasteiger charge is 2.37. The first-order chi connectivity index (χ1) is 17.7. The van der Waals surface area contributed by atoms with Gasteiger partial charge in [0.05, 0.1) is 36.5 Å². The molecule has 1 aliphatic rings. The van der Waals surface area contributed by atoms with E-state index in [1.165, 1.54) is 29.0 Å². The van der Waals surface area contributed by atoms with E-state index in [0.717, 1.165) is 16.9 Å². The summed E-state index contributed by atoms with van der Waals surface area (Å²) in [7, 11) is -0.375. The molecule has 0 saturated carbocycles. The van der Waals surface area contributed by atoms with E-state index in [2.05, 4.69) is 20.9 Å². The highest BCUT2D eigenvalue weighted by Crippen LogP contribution is 2.33. The minimum absolute atomic E-state index is 0.0492. The molecule has 1 aliphatic heterocycles. The topological polar surface area (TPSA) is 100 Å². The molecule has 0 amide bonds. The van der Waals surface area contributed by atoms with Gasteiger partial charge in [0, 0.05) is 51.3 Å². The predicted octanol–water partition coefficient (Wildman–Crippen LogP) is 2.99. The number of imidazole rings is 2. The Labute approximate surface area is 215 Å². The summed E-state index contributed by atoms with van der Waals surface area (Å²) in [4.78, 5) is 10.5. The summed E-state index contributed by atoms with van der Waals surface area (Å²) in [5.74, 6) is -0.388. The Bertz CT molecular complexity index is 1570. The van der Waals surface area contributed by atoms with Gasteiger partial charge in [0.15, 0.2) is 5.03 Å². The van der Waals surface area contributed by atoms with Gasteiger partial charge in [-0.05, 0) is 47.9 Å². The zero-order valence-corrected chi connectivity index (χ0v) is 21.3. The van der Waals surface area contributed by atoms with Crippen LogP contribution in [0.2, 0.25) is 0 Å². The third-order valence-corrected chi connectivity index (χ3v) is 8.40. The molecule has 0 aliphatic carbocycles. The number of nitrogens with zero attached hydrogens (tertiary/aromatic N) is 7. The van der Waals surface area contributed by atoms with Gasteiger partial charge in [-0.15, -0.1) is 0 Å². The Balaban J connectivity index is 1.58. The van der Waals surface area contributed by atoms with E-state index in [1.807, 2.05) is 23.7 Å². The Kier molecular flexibility index (Phi) is 6.54. The van der Waals surface area contributed by atoms with Gasteiger partial charge >= 0.3 is 0 Å². The van der Waals surface area contributed by atoms with Crippen molar-refractivity contribution in [3.05, 3.63) is 95.7 Å². The molecular formula is C26H26FN7O2S. The maximum Gasteiger partial charge on any atom is 0.262 e. The molecular weight excluding hydrogens is 493 g/mol. The van der Waals surface area contributed by atoms with Crippen molar-refractivity contribution < 1.29 is 12.8 Å². The van der Waals surface area contributed by atoms with Crippen molar-refractivity contribution in [2.24, 2.45) is 14.1 Å². The second kappa shape index (κ2) is 9.80.